The Bertz CT molecular complexity index is 1110. The summed E-state index contributed by atoms with van der Waals surface area (Å²) in [6, 6.07) is 7.26. The van der Waals surface area contributed by atoms with Crippen LogP contribution < -0.4 is 10.0 Å². The van der Waals surface area contributed by atoms with Crippen LogP contribution in [0.3, 0.4) is 0 Å². The highest BCUT2D eigenvalue weighted by Gasteiger charge is 2.33. The van der Waals surface area contributed by atoms with Crippen molar-refractivity contribution in [2.24, 2.45) is 0 Å². The highest BCUT2D eigenvalue weighted by Crippen LogP contribution is 2.31. The van der Waals surface area contributed by atoms with Gasteiger partial charge in [-0.15, -0.1) is 0 Å². The van der Waals surface area contributed by atoms with E-state index in [0.29, 0.717) is 23.2 Å². The maximum Gasteiger partial charge on any atom is 0.433 e. The Kier molecular flexibility index (Phi) is 8.06. The quantitative estimate of drug-likeness (QED) is 0.552. The van der Waals surface area contributed by atoms with E-state index >= 15 is 0 Å². The van der Waals surface area contributed by atoms with Gasteiger partial charge in [-0.1, -0.05) is 32.0 Å². The summed E-state index contributed by atoms with van der Waals surface area (Å²) < 4.78 is 64.1. The number of nitrogens with one attached hydrogen (secondary N) is 2. The fourth-order valence-electron chi connectivity index (χ4n) is 2.94. The van der Waals surface area contributed by atoms with Gasteiger partial charge in [0, 0.05) is 12.6 Å². The molecule has 2 N–H and O–H groups in total. The fraction of sp³-hybridized carbons (Fsp3) is 0.364. The molecule has 32 heavy (non-hydrogen) atoms. The van der Waals surface area contributed by atoms with Gasteiger partial charge >= 0.3 is 6.18 Å². The number of pyridine rings is 1. The van der Waals surface area contributed by atoms with E-state index in [1.807, 2.05) is 6.92 Å². The van der Waals surface area contributed by atoms with E-state index in [0.717, 1.165) is 17.9 Å². The molecule has 0 aliphatic carbocycles. The van der Waals surface area contributed by atoms with Gasteiger partial charge in [0.2, 0.25) is 15.9 Å². The third-order valence-corrected chi connectivity index (χ3v) is 5.38. The molecular formula is C22H26F3N3O3S. The number of alkyl halides is 3. The van der Waals surface area contributed by atoms with Crippen LogP contribution in [-0.4, -0.2) is 25.6 Å². The molecule has 1 unspecified atom stereocenters. The number of nitrogens with zero attached hydrogens (tertiary/aromatic N) is 1. The Morgan fingerprint density at radius 3 is 2.47 bits per heavy atom. The minimum atomic E-state index is -4.54. The van der Waals surface area contributed by atoms with Gasteiger partial charge in [0.15, 0.2) is 0 Å². The number of amides is 1. The Morgan fingerprint density at radius 2 is 1.91 bits per heavy atom. The maximum atomic E-state index is 13.0. The predicted octanol–water partition coefficient (Wildman–Crippen LogP) is 4.62. The molecule has 10 heteroatoms. The van der Waals surface area contributed by atoms with E-state index in [2.05, 4.69) is 15.0 Å². The summed E-state index contributed by atoms with van der Waals surface area (Å²) in [4.78, 5) is 16.0. The Balaban J connectivity index is 2.10. The number of aromatic nitrogens is 1. The van der Waals surface area contributed by atoms with Crippen LogP contribution in [0.4, 0.5) is 18.9 Å². The first-order chi connectivity index (χ1) is 14.8. The average Bonchev–Trinajstić information content (AvgIpc) is 2.70. The summed E-state index contributed by atoms with van der Waals surface area (Å²) >= 11 is 0. The lowest BCUT2D eigenvalue weighted by Crippen LogP contribution is -2.20. The summed E-state index contributed by atoms with van der Waals surface area (Å²) in [5.74, 6) is -0.627. The first kappa shape index (κ1) is 25.4. The molecule has 2 aromatic rings. The number of benzene rings is 1. The van der Waals surface area contributed by atoms with Crippen molar-refractivity contribution in [3.8, 4) is 0 Å². The van der Waals surface area contributed by atoms with Crippen molar-refractivity contribution in [1.29, 1.82) is 0 Å². The fourth-order valence-corrected chi connectivity index (χ4v) is 3.56. The zero-order chi connectivity index (χ0) is 24.1. The summed E-state index contributed by atoms with van der Waals surface area (Å²) in [6.45, 7) is 5.58. The highest BCUT2D eigenvalue weighted by atomic mass is 32.2. The standard InChI is InChI=1S/C22H26F3N3O3S/c1-5-14(2)21-17(7-10-19(27-21)22(23,24)25)8-11-20(29)26-13-16-6-9-18(15(3)12-16)28-32(4,30)31/h6-12,14,28H,5,13H2,1-4H3,(H,26,29)/b11-8+. The van der Waals surface area contributed by atoms with E-state index in [1.54, 1.807) is 32.0 Å². The molecule has 1 heterocycles. The van der Waals surface area contributed by atoms with E-state index < -0.39 is 27.8 Å². The van der Waals surface area contributed by atoms with Crippen molar-refractivity contribution < 1.29 is 26.4 Å². The first-order valence-corrected chi connectivity index (χ1v) is 11.8. The highest BCUT2D eigenvalue weighted by molar-refractivity contribution is 7.92. The number of carbonyl (C=O) groups is 1. The number of hydrogen-bond acceptors (Lipinski definition) is 4. The summed E-state index contributed by atoms with van der Waals surface area (Å²) in [5.41, 5.74) is 1.70. The van der Waals surface area contributed by atoms with Crippen molar-refractivity contribution in [2.75, 3.05) is 11.0 Å². The van der Waals surface area contributed by atoms with Crippen LogP contribution in [0.5, 0.6) is 0 Å². The van der Waals surface area contributed by atoms with Crippen LogP contribution >= 0.6 is 0 Å². The predicted molar refractivity (Wildman–Crippen MR) is 118 cm³/mol. The van der Waals surface area contributed by atoms with Crippen molar-refractivity contribution in [3.63, 3.8) is 0 Å². The van der Waals surface area contributed by atoms with Gasteiger partial charge in [-0.25, -0.2) is 13.4 Å². The first-order valence-electron chi connectivity index (χ1n) is 9.91. The van der Waals surface area contributed by atoms with Gasteiger partial charge < -0.3 is 5.32 Å². The molecule has 0 saturated heterocycles. The van der Waals surface area contributed by atoms with Gasteiger partial charge in [-0.05, 0) is 54.2 Å². The molecular weight excluding hydrogens is 443 g/mol. The molecule has 1 amide bonds. The minimum absolute atomic E-state index is 0.201. The molecule has 0 spiro atoms. The number of hydrogen-bond donors (Lipinski definition) is 2. The molecule has 6 nitrogen and oxygen atoms in total. The topological polar surface area (TPSA) is 88.2 Å². The maximum absolute atomic E-state index is 13.0. The van der Waals surface area contributed by atoms with Gasteiger partial charge in [0.05, 0.1) is 17.6 Å². The van der Waals surface area contributed by atoms with Crippen LogP contribution in [-0.2, 0) is 27.5 Å². The van der Waals surface area contributed by atoms with E-state index in [4.69, 9.17) is 0 Å². The van der Waals surface area contributed by atoms with Crippen LogP contribution in [0.1, 0.15) is 54.3 Å². The monoisotopic (exact) mass is 469 g/mol. The Labute approximate surface area is 186 Å². The van der Waals surface area contributed by atoms with Gasteiger partial charge in [0.25, 0.3) is 0 Å². The number of rotatable bonds is 8. The summed E-state index contributed by atoms with van der Waals surface area (Å²) in [7, 11) is -3.39. The SMILES string of the molecule is CCC(C)c1nc(C(F)(F)F)ccc1/C=C/C(=O)NCc1ccc(NS(C)(=O)=O)c(C)c1. The lowest BCUT2D eigenvalue weighted by molar-refractivity contribution is -0.141. The molecule has 0 bridgehead atoms. The van der Waals surface area contributed by atoms with Gasteiger partial charge in [0.1, 0.15) is 5.69 Å². The van der Waals surface area contributed by atoms with Crippen LogP contribution in [0.15, 0.2) is 36.4 Å². The second-order valence-electron chi connectivity index (χ2n) is 7.55. The Morgan fingerprint density at radius 1 is 1.22 bits per heavy atom. The number of halogens is 3. The molecule has 0 fully saturated rings. The van der Waals surface area contributed by atoms with Crippen molar-refractivity contribution >= 4 is 27.7 Å². The largest absolute Gasteiger partial charge is 0.433 e. The summed E-state index contributed by atoms with van der Waals surface area (Å²) in [5, 5.41) is 2.70. The van der Waals surface area contributed by atoms with Crippen LogP contribution in [0.25, 0.3) is 6.08 Å². The molecule has 1 atom stereocenters. The normalized spacial score (nSPS) is 13.2. The van der Waals surface area contributed by atoms with E-state index in [9.17, 15) is 26.4 Å². The van der Waals surface area contributed by atoms with Crippen LogP contribution in [0, 0.1) is 6.92 Å². The molecule has 1 aromatic heterocycles. The van der Waals surface area contributed by atoms with Crippen molar-refractivity contribution in [1.82, 2.24) is 10.3 Å². The van der Waals surface area contributed by atoms with Crippen LogP contribution in [0.2, 0.25) is 0 Å². The third kappa shape index (κ3) is 7.37. The van der Waals surface area contributed by atoms with Gasteiger partial charge in [-0.2, -0.15) is 13.2 Å². The smallest absolute Gasteiger partial charge is 0.348 e. The molecule has 174 valence electrons. The molecule has 1 aromatic carbocycles. The zero-order valence-corrected chi connectivity index (χ0v) is 19.1. The zero-order valence-electron chi connectivity index (χ0n) is 18.2. The molecule has 2 rings (SSSR count). The molecule has 0 saturated carbocycles. The number of carbonyl (C=O) groups excluding carboxylic acids is 1. The second-order valence-corrected chi connectivity index (χ2v) is 9.30. The molecule has 0 aliphatic heterocycles. The molecule has 0 radical (unpaired) electrons. The van der Waals surface area contributed by atoms with Crippen molar-refractivity contribution in [2.45, 2.75) is 45.8 Å². The van der Waals surface area contributed by atoms with E-state index in [-0.39, 0.29) is 18.2 Å². The van der Waals surface area contributed by atoms with E-state index in [1.165, 1.54) is 18.2 Å². The number of aryl methyl sites for hydroxylation is 1. The minimum Gasteiger partial charge on any atom is -0.348 e. The summed E-state index contributed by atoms with van der Waals surface area (Å²) in [6.07, 6.45) is -0.167. The Hall–Kier alpha value is -2.88. The lowest BCUT2D eigenvalue weighted by atomic mass is 9.98. The lowest BCUT2D eigenvalue weighted by Gasteiger charge is -2.15. The number of anilines is 1. The molecule has 0 aliphatic rings. The number of sulfonamides is 1. The second kappa shape index (κ2) is 10.2. The van der Waals surface area contributed by atoms with Gasteiger partial charge in [-0.3, -0.25) is 9.52 Å². The average molecular weight is 470 g/mol. The van der Waals surface area contributed by atoms with Crippen molar-refractivity contribution in [3.05, 3.63) is 64.5 Å². The third-order valence-electron chi connectivity index (χ3n) is 4.79.